The molecule has 0 unspecified atom stereocenters. The Labute approximate surface area is 126 Å². The normalized spacial score (nSPS) is 18.6. The monoisotopic (exact) mass is 335 g/mol. The molecule has 0 atom stereocenters. The first-order chi connectivity index (χ1) is 9.73. The SMILES string of the molecule is Cc1cc(S(=O)(=O)NCC2(O)CCOCC2)sc1C(=O)O. The van der Waals surface area contributed by atoms with E-state index in [1.807, 2.05) is 0 Å². The van der Waals surface area contributed by atoms with Gasteiger partial charge in [0.15, 0.2) is 0 Å². The molecule has 2 rings (SSSR count). The lowest BCUT2D eigenvalue weighted by molar-refractivity contribution is -0.0588. The lowest BCUT2D eigenvalue weighted by Crippen LogP contribution is -2.46. The van der Waals surface area contributed by atoms with Crippen molar-refractivity contribution in [2.45, 2.75) is 29.6 Å². The van der Waals surface area contributed by atoms with E-state index in [0.717, 1.165) is 0 Å². The van der Waals surface area contributed by atoms with Crippen molar-refractivity contribution in [1.82, 2.24) is 4.72 Å². The fourth-order valence-electron chi connectivity index (χ4n) is 2.03. The van der Waals surface area contributed by atoms with Gasteiger partial charge in [-0.05, 0) is 18.6 Å². The lowest BCUT2D eigenvalue weighted by atomic mass is 9.95. The van der Waals surface area contributed by atoms with Crippen LogP contribution in [-0.2, 0) is 14.8 Å². The van der Waals surface area contributed by atoms with Crippen LogP contribution in [0.3, 0.4) is 0 Å². The molecule has 1 aromatic heterocycles. The van der Waals surface area contributed by atoms with Gasteiger partial charge in [-0.15, -0.1) is 11.3 Å². The Hall–Kier alpha value is -1.00. The van der Waals surface area contributed by atoms with E-state index in [-0.39, 0.29) is 15.6 Å². The molecule has 3 N–H and O–H groups in total. The number of aliphatic hydroxyl groups is 1. The molecule has 1 aliphatic heterocycles. The summed E-state index contributed by atoms with van der Waals surface area (Å²) in [5.41, 5.74) is -0.717. The number of thiophene rings is 1. The van der Waals surface area contributed by atoms with Gasteiger partial charge in [-0.1, -0.05) is 0 Å². The van der Waals surface area contributed by atoms with Crippen LogP contribution in [-0.4, -0.2) is 50.0 Å². The van der Waals surface area contributed by atoms with Crippen molar-refractivity contribution in [2.75, 3.05) is 19.8 Å². The summed E-state index contributed by atoms with van der Waals surface area (Å²) in [5, 5.41) is 19.2. The summed E-state index contributed by atoms with van der Waals surface area (Å²) >= 11 is 0.704. The molecule has 1 fully saturated rings. The van der Waals surface area contributed by atoms with Crippen LogP contribution in [0.1, 0.15) is 28.1 Å². The number of aromatic carboxylic acids is 1. The molecule has 0 radical (unpaired) electrons. The summed E-state index contributed by atoms with van der Waals surface area (Å²) in [4.78, 5) is 11.0. The van der Waals surface area contributed by atoms with Gasteiger partial charge in [0, 0.05) is 32.6 Å². The van der Waals surface area contributed by atoms with Crippen molar-refractivity contribution in [1.29, 1.82) is 0 Å². The van der Waals surface area contributed by atoms with Gasteiger partial charge in [-0.2, -0.15) is 0 Å². The highest BCUT2D eigenvalue weighted by molar-refractivity contribution is 7.91. The topological polar surface area (TPSA) is 113 Å². The molecule has 118 valence electrons. The van der Waals surface area contributed by atoms with E-state index in [2.05, 4.69) is 4.72 Å². The maximum atomic E-state index is 12.2. The third kappa shape index (κ3) is 3.80. The van der Waals surface area contributed by atoms with Crippen LogP contribution < -0.4 is 4.72 Å². The van der Waals surface area contributed by atoms with Crippen molar-refractivity contribution in [2.24, 2.45) is 0 Å². The predicted octanol–water partition coefficient (Wildman–Crippen LogP) is 0.575. The van der Waals surface area contributed by atoms with Gasteiger partial charge in [0.2, 0.25) is 10.0 Å². The second kappa shape index (κ2) is 6.01. The number of carboxylic acid groups (broad SMARTS) is 1. The van der Waals surface area contributed by atoms with E-state index in [4.69, 9.17) is 9.84 Å². The predicted molar refractivity (Wildman–Crippen MR) is 76.2 cm³/mol. The highest BCUT2D eigenvalue weighted by atomic mass is 32.2. The van der Waals surface area contributed by atoms with Gasteiger partial charge in [-0.25, -0.2) is 17.9 Å². The van der Waals surface area contributed by atoms with Crippen molar-refractivity contribution < 1.29 is 28.2 Å². The number of rotatable bonds is 5. The number of nitrogens with one attached hydrogen (secondary N) is 1. The Morgan fingerprint density at radius 2 is 2.10 bits per heavy atom. The molecule has 0 saturated carbocycles. The smallest absolute Gasteiger partial charge is 0.346 e. The quantitative estimate of drug-likeness (QED) is 0.725. The van der Waals surface area contributed by atoms with Crippen molar-refractivity contribution in [3.8, 4) is 0 Å². The summed E-state index contributed by atoms with van der Waals surface area (Å²) in [5.74, 6) is -1.15. The first-order valence-electron chi connectivity index (χ1n) is 6.37. The van der Waals surface area contributed by atoms with Gasteiger partial charge < -0.3 is 14.9 Å². The Morgan fingerprint density at radius 3 is 2.62 bits per heavy atom. The highest BCUT2D eigenvalue weighted by Gasteiger charge is 2.32. The summed E-state index contributed by atoms with van der Waals surface area (Å²) in [6.45, 7) is 2.21. The Kier molecular flexibility index (Phi) is 4.69. The molecule has 0 bridgehead atoms. The van der Waals surface area contributed by atoms with Crippen LogP contribution in [0.5, 0.6) is 0 Å². The lowest BCUT2D eigenvalue weighted by Gasteiger charge is -2.31. The fourth-order valence-corrected chi connectivity index (χ4v) is 4.57. The van der Waals surface area contributed by atoms with E-state index >= 15 is 0 Å². The number of hydrogen-bond acceptors (Lipinski definition) is 6. The molecule has 9 heteroatoms. The second-order valence-corrected chi connectivity index (χ2v) is 8.09. The molecule has 2 heterocycles. The van der Waals surface area contributed by atoms with Gasteiger partial charge in [0.25, 0.3) is 0 Å². The molecule has 1 aliphatic rings. The van der Waals surface area contributed by atoms with Gasteiger partial charge >= 0.3 is 5.97 Å². The van der Waals surface area contributed by atoms with Crippen molar-refractivity contribution in [3.63, 3.8) is 0 Å². The van der Waals surface area contributed by atoms with E-state index in [0.29, 0.717) is 43.0 Å². The van der Waals surface area contributed by atoms with Gasteiger partial charge in [-0.3, -0.25) is 0 Å². The molecule has 0 spiro atoms. The average molecular weight is 335 g/mol. The zero-order valence-corrected chi connectivity index (χ0v) is 13.1. The summed E-state index contributed by atoms with van der Waals surface area (Å²) in [6, 6.07) is 1.32. The number of aryl methyl sites for hydroxylation is 1. The van der Waals surface area contributed by atoms with Gasteiger partial charge in [0.1, 0.15) is 9.09 Å². The van der Waals surface area contributed by atoms with Crippen LogP contribution in [0.25, 0.3) is 0 Å². The molecule has 7 nitrogen and oxygen atoms in total. The molecule has 1 saturated heterocycles. The number of carbonyl (C=O) groups is 1. The Balaban J connectivity index is 2.11. The zero-order valence-electron chi connectivity index (χ0n) is 11.5. The van der Waals surface area contributed by atoms with E-state index in [1.54, 1.807) is 6.92 Å². The zero-order chi connectivity index (χ0) is 15.7. The molecular formula is C12H17NO6S2. The van der Waals surface area contributed by atoms with Crippen molar-refractivity contribution >= 4 is 27.3 Å². The standard InChI is InChI=1S/C12H17NO6S2/c1-8-6-9(20-10(8)11(14)15)21(17,18)13-7-12(16)2-4-19-5-3-12/h6,13,16H,2-5,7H2,1H3,(H,14,15). The largest absolute Gasteiger partial charge is 0.477 e. The third-order valence-electron chi connectivity index (χ3n) is 3.37. The minimum Gasteiger partial charge on any atom is -0.477 e. The molecule has 0 aliphatic carbocycles. The first kappa shape index (κ1) is 16.4. The maximum absolute atomic E-state index is 12.2. The summed E-state index contributed by atoms with van der Waals surface area (Å²) < 4.78 is 31.8. The number of sulfonamides is 1. The van der Waals surface area contributed by atoms with E-state index in [1.165, 1.54) is 6.07 Å². The summed E-state index contributed by atoms with van der Waals surface area (Å²) in [7, 11) is -3.83. The summed E-state index contributed by atoms with van der Waals surface area (Å²) in [6.07, 6.45) is 0.721. The number of carboxylic acids is 1. The number of ether oxygens (including phenoxy) is 1. The first-order valence-corrected chi connectivity index (χ1v) is 8.67. The molecule has 0 amide bonds. The van der Waals surface area contributed by atoms with Crippen LogP contribution in [0, 0.1) is 6.92 Å². The molecule has 0 aromatic carbocycles. The van der Waals surface area contributed by atoms with Crippen LogP contribution in [0.15, 0.2) is 10.3 Å². The minimum absolute atomic E-state index is 0.000142. The number of hydrogen-bond donors (Lipinski definition) is 3. The minimum atomic E-state index is -3.83. The Bertz CT molecular complexity index is 630. The van der Waals surface area contributed by atoms with Crippen LogP contribution >= 0.6 is 11.3 Å². The van der Waals surface area contributed by atoms with E-state index < -0.39 is 21.6 Å². The average Bonchev–Trinajstić information content (AvgIpc) is 2.81. The Morgan fingerprint density at radius 1 is 1.48 bits per heavy atom. The molecular weight excluding hydrogens is 318 g/mol. The van der Waals surface area contributed by atoms with E-state index in [9.17, 15) is 18.3 Å². The molecule has 21 heavy (non-hydrogen) atoms. The second-order valence-electron chi connectivity index (χ2n) is 5.04. The maximum Gasteiger partial charge on any atom is 0.346 e. The third-order valence-corrected chi connectivity index (χ3v) is 6.47. The van der Waals surface area contributed by atoms with Crippen LogP contribution in [0.4, 0.5) is 0 Å². The van der Waals surface area contributed by atoms with Gasteiger partial charge in [0.05, 0.1) is 5.60 Å². The highest BCUT2D eigenvalue weighted by Crippen LogP contribution is 2.26. The molecule has 1 aromatic rings. The van der Waals surface area contributed by atoms with Crippen molar-refractivity contribution in [3.05, 3.63) is 16.5 Å². The van der Waals surface area contributed by atoms with Crippen LogP contribution in [0.2, 0.25) is 0 Å². The fraction of sp³-hybridized carbons (Fsp3) is 0.583.